The van der Waals surface area contributed by atoms with Gasteiger partial charge >= 0.3 is 0 Å². The van der Waals surface area contributed by atoms with Gasteiger partial charge in [-0.3, -0.25) is 4.98 Å². The van der Waals surface area contributed by atoms with Crippen LogP contribution in [0.25, 0.3) is 122 Å². The van der Waals surface area contributed by atoms with Crippen LogP contribution in [0, 0.1) is 0 Å². The van der Waals surface area contributed by atoms with E-state index in [9.17, 15) is 0 Å². The van der Waals surface area contributed by atoms with Crippen LogP contribution in [-0.4, -0.2) is 15.0 Å². The van der Waals surface area contributed by atoms with Crippen LogP contribution in [0.1, 0.15) is 0 Å². The first-order valence-corrected chi connectivity index (χ1v) is 20.1. The summed E-state index contributed by atoms with van der Waals surface area (Å²) in [5, 5.41) is 5.46. The van der Waals surface area contributed by atoms with Crippen LogP contribution in [0.4, 0.5) is 0 Å². The quantitative estimate of drug-likeness (QED) is 0.169. The molecule has 0 aliphatic rings. The van der Waals surface area contributed by atoms with Gasteiger partial charge in [-0.25, -0.2) is 9.97 Å². The number of nitrogens with zero attached hydrogens (tertiary/aromatic N) is 3. The number of hydrogen-bond donors (Lipinski definition) is 0. The molecular weight excluding hydrogens is 735 g/mol. The smallest absolute Gasteiger partial charge is 0.160 e. The molecule has 0 N–H and O–H groups in total. The average Bonchev–Trinajstić information content (AvgIpc) is 3.91. The Hall–Kier alpha value is -8.15. The predicted octanol–water partition coefficient (Wildman–Crippen LogP) is 14.8. The van der Waals surface area contributed by atoms with E-state index in [4.69, 9.17) is 18.8 Å². The standard InChI is InChI=1S/C55H33N3O2/c1-2-11-36(12-3-1)48-33-49(58-55(57-48)38-27-23-34(24-28-38)39-31-32-56-47-18-7-4-13-41(39)47)37-25-21-35(22-26-37)40-29-30-45(54-52(40)46-15-6-9-20-51(46)60-54)44-17-10-16-43-42-14-5-8-19-50(42)59-53(43)44/h1-33H. The molecule has 60 heavy (non-hydrogen) atoms. The third kappa shape index (κ3) is 5.59. The van der Waals surface area contributed by atoms with Crippen molar-refractivity contribution < 1.29 is 8.83 Å². The molecule has 0 bridgehead atoms. The van der Waals surface area contributed by atoms with Gasteiger partial charge in [0.2, 0.25) is 0 Å². The van der Waals surface area contributed by atoms with E-state index in [0.29, 0.717) is 5.82 Å². The number of pyridine rings is 1. The number of hydrogen-bond acceptors (Lipinski definition) is 5. The minimum Gasteiger partial charge on any atom is -0.455 e. The maximum atomic E-state index is 6.72. The third-order valence-corrected chi connectivity index (χ3v) is 11.6. The molecule has 0 aliphatic heterocycles. The number of fused-ring (bicyclic) bond motifs is 7. The first kappa shape index (κ1) is 33.9. The van der Waals surface area contributed by atoms with E-state index < -0.39 is 0 Å². The summed E-state index contributed by atoms with van der Waals surface area (Å²) in [4.78, 5) is 14.8. The van der Waals surface area contributed by atoms with Crippen LogP contribution in [0.15, 0.2) is 209 Å². The highest BCUT2D eigenvalue weighted by Crippen LogP contribution is 2.45. The van der Waals surface area contributed by atoms with Gasteiger partial charge in [-0.1, -0.05) is 158 Å². The summed E-state index contributed by atoms with van der Waals surface area (Å²) in [7, 11) is 0. The van der Waals surface area contributed by atoms with Crippen molar-refractivity contribution in [3.05, 3.63) is 200 Å². The van der Waals surface area contributed by atoms with Crippen LogP contribution in [0.2, 0.25) is 0 Å². The van der Waals surface area contributed by atoms with Gasteiger partial charge in [0, 0.05) is 60.9 Å². The van der Waals surface area contributed by atoms with E-state index in [-0.39, 0.29) is 0 Å². The fourth-order valence-electron chi connectivity index (χ4n) is 8.69. The molecule has 0 saturated heterocycles. The van der Waals surface area contributed by atoms with E-state index in [1.54, 1.807) is 0 Å². The van der Waals surface area contributed by atoms with Crippen molar-refractivity contribution in [3.8, 4) is 67.3 Å². The number of rotatable bonds is 6. The second-order valence-corrected chi connectivity index (χ2v) is 15.1. The number of para-hydroxylation sites is 4. The second kappa shape index (κ2) is 13.8. The molecule has 5 nitrogen and oxygen atoms in total. The van der Waals surface area contributed by atoms with Crippen molar-refractivity contribution >= 4 is 54.8 Å². The van der Waals surface area contributed by atoms with Gasteiger partial charge in [0.25, 0.3) is 0 Å². The maximum Gasteiger partial charge on any atom is 0.160 e. The predicted molar refractivity (Wildman–Crippen MR) is 245 cm³/mol. The zero-order valence-electron chi connectivity index (χ0n) is 32.2. The fourth-order valence-corrected chi connectivity index (χ4v) is 8.69. The molecule has 12 rings (SSSR count). The molecule has 4 heterocycles. The summed E-state index contributed by atoms with van der Waals surface area (Å²) in [5.41, 5.74) is 15.5. The summed E-state index contributed by atoms with van der Waals surface area (Å²) in [6, 6.07) is 67.1. The Morgan fingerprint density at radius 3 is 1.67 bits per heavy atom. The Balaban J connectivity index is 0.955. The highest BCUT2D eigenvalue weighted by molar-refractivity contribution is 6.19. The monoisotopic (exact) mass is 767 g/mol. The lowest BCUT2D eigenvalue weighted by Crippen LogP contribution is -1.96. The molecule has 8 aromatic carbocycles. The zero-order valence-corrected chi connectivity index (χ0v) is 32.2. The van der Waals surface area contributed by atoms with E-state index >= 15 is 0 Å². The fraction of sp³-hybridized carbons (Fsp3) is 0. The van der Waals surface area contributed by atoms with Crippen molar-refractivity contribution in [1.29, 1.82) is 0 Å². The van der Waals surface area contributed by atoms with Gasteiger partial charge in [0.1, 0.15) is 22.3 Å². The average molecular weight is 768 g/mol. The molecule has 4 aromatic heterocycles. The van der Waals surface area contributed by atoms with E-state index in [1.165, 1.54) is 0 Å². The molecule has 12 aromatic rings. The van der Waals surface area contributed by atoms with Gasteiger partial charge in [-0.15, -0.1) is 0 Å². The molecule has 0 saturated carbocycles. The van der Waals surface area contributed by atoms with Gasteiger partial charge < -0.3 is 8.83 Å². The normalized spacial score (nSPS) is 11.7. The lowest BCUT2D eigenvalue weighted by Gasteiger charge is -2.12. The van der Waals surface area contributed by atoms with Gasteiger partial charge in [-0.05, 0) is 58.7 Å². The molecule has 280 valence electrons. The van der Waals surface area contributed by atoms with Crippen molar-refractivity contribution in [2.45, 2.75) is 0 Å². The summed E-state index contributed by atoms with van der Waals surface area (Å²) in [6.45, 7) is 0. The Bertz CT molecular complexity index is 3580. The van der Waals surface area contributed by atoms with E-state index in [1.807, 2.05) is 60.8 Å². The van der Waals surface area contributed by atoms with Gasteiger partial charge in [0.15, 0.2) is 5.82 Å². The summed E-state index contributed by atoms with van der Waals surface area (Å²) >= 11 is 0. The first-order valence-electron chi connectivity index (χ1n) is 20.1. The molecular formula is C55H33N3O2. The zero-order chi connectivity index (χ0) is 39.6. The van der Waals surface area contributed by atoms with Crippen LogP contribution < -0.4 is 0 Å². The minimum absolute atomic E-state index is 0.670. The molecule has 0 radical (unpaired) electrons. The summed E-state index contributed by atoms with van der Waals surface area (Å²) in [5.74, 6) is 0.670. The van der Waals surface area contributed by atoms with E-state index in [2.05, 4.69) is 145 Å². The number of furan rings is 2. The van der Waals surface area contributed by atoms with Crippen molar-refractivity contribution in [2.75, 3.05) is 0 Å². The van der Waals surface area contributed by atoms with Crippen LogP contribution in [0.5, 0.6) is 0 Å². The van der Waals surface area contributed by atoms with Crippen molar-refractivity contribution in [2.24, 2.45) is 0 Å². The molecule has 0 atom stereocenters. The Morgan fingerprint density at radius 2 is 0.883 bits per heavy atom. The highest BCUT2D eigenvalue weighted by Gasteiger charge is 2.21. The number of benzene rings is 8. The van der Waals surface area contributed by atoms with Gasteiger partial charge in [0.05, 0.1) is 16.9 Å². The summed E-state index contributed by atoms with van der Waals surface area (Å²) in [6.07, 6.45) is 1.87. The van der Waals surface area contributed by atoms with E-state index in [0.717, 1.165) is 116 Å². The topological polar surface area (TPSA) is 65.0 Å². The van der Waals surface area contributed by atoms with Crippen LogP contribution in [0.3, 0.4) is 0 Å². The third-order valence-electron chi connectivity index (χ3n) is 11.6. The molecule has 0 amide bonds. The summed E-state index contributed by atoms with van der Waals surface area (Å²) < 4.78 is 13.2. The van der Waals surface area contributed by atoms with Crippen molar-refractivity contribution in [1.82, 2.24) is 15.0 Å². The lowest BCUT2D eigenvalue weighted by molar-refractivity contribution is 0.665. The molecule has 0 fully saturated rings. The number of aromatic nitrogens is 3. The SMILES string of the molecule is c1ccc(-c2cc(-c3ccc(-c4ccc(-c5cccc6c5oc5ccccc56)c5oc6ccccc6c45)cc3)nc(-c3ccc(-c4ccnc5ccccc45)cc3)n2)cc1. The first-order chi connectivity index (χ1) is 29.7. The molecule has 0 spiro atoms. The Morgan fingerprint density at radius 1 is 0.333 bits per heavy atom. The molecule has 5 heteroatoms. The van der Waals surface area contributed by atoms with Crippen LogP contribution >= 0.6 is 0 Å². The highest BCUT2D eigenvalue weighted by atomic mass is 16.3. The van der Waals surface area contributed by atoms with Crippen molar-refractivity contribution in [3.63, 3.8) is 0 Å². The minimum atomic E-state index is 0.670. The molecule has 0 unspecified atom stereocenters. The second-order valence-electron chi connectivity index (χ2n) is 15.1. The Kier molecular flexibility index (Phi) is 7.78. The van der Waals surface area contributed by atoms with Gasteiger partial charge in [-0.2, -0.15) is 0 Å². The lowest BCUT2D eigenvalue weighted by atomic mass is 9.93. The molecule has 0 aliphatic carbocycles. The maximum absolute atomic E-state index is 6.72. The van der Waals surface area contributed by atoms with Crippen LogP contribution in [-0.2, 0) is 0 Å². The largest absolute Gasteiger partial charge is 0.455 e. The Labute approximate surface area is 344 Å².